The molecular weight excluding hydrogens is 383 g/mol. The monoisotopic (exact) mass is 404 g/mol. The third kappa shape index (κ3) is 5.19. The van der Waals surface area contributed by atoms with E-state index in [0.717, 1.165) is 5.56 Å². The maximum Gasteiger partial charge on any atom is 0.409 e. The van der Waals surface area contributed by atoms with Crippen LogP contribution in [0.5, 0.6) is 0 Å². The highest BCUT2D eigenvalue weighted by molar-refractivity contribution is 7.99. The van der Waals surface area contributed by atoms with Gasteiger partial charge in [0.2, 0.25) is 5.91 Å². The Kier molecular flexibility index (Phi) is 6.80. The first kappa shape index (κ1) is 20.1. The van der Waals surface area contributed by atoms with E-state index in [1.54, 1.807) is 41.0 Å². The van der Waals surface area contributed by atoms with E-state index in [1.165, 1.54) is 23.9 Å². The Bertz CT molecular complexity index is 809. The Balaban J connectivity index is 1.47. The van der Waals surface area contributed by atoms with E-state index < -0.39 is 0 Å². The highest BCUT2D eigenvalue weighted by Gasteiger charge is 2.24. The van der Waals surface area contributed by atoms with E-state index in [4.69, 9.17) is 4.74 Å². The van der Waals surface area contributed by atoms with Crippen LogP contribution in [0.4, 0.5) is 9.18 Å². The van der Waals surface area contributed by atoms with E-state index in [9.17, 15) is 14.0 Å². The summed E-state index contributed by atoms with van der Waals surface area (Å²) < 4.78 is 18.0. The molecule has 0 aliphatic carbocycles. The van der Waals surface area contributed by atoms with E-state index in [-0.39, 0.29) is 23.6 Å². The van der Waals surface area contributed by atoms with Crippen LogP contribution in [0.1, 0.15) is 6.92 Å². The van der Waals surface area contributed by atoms with Crippen molar-refractivity contribution >= 4 is 23.8 Å². The molecule has 1 fully saturated rings. The van der Waals surface area contributed by atoms with Gasteiger partial charge in [0, 0.05) is 31.7 Å². The molecule has 0 spiro atoms. The second-order valence-corrected chi connectivity index (χ2v) is 7.11. The molecule has 0 atom stereocenters. The Labute approximate surface area is 166 Å². The van der Waals surface area contributed by atoms with E-state index in [1.807, 2.05) is 0 Å². The second kappa shape index (κ2) is 9.50. The molecule has 3 rings (SSSR count). The number of rotatable bonds is 5. The van der Waals surface area contributed by atoms with Gasteiger partial charge in [-0.05, 0) is 43.3 Å². The summed E-state index contributed by atoms with van der Waals surface area (Å²) in [5.74, 6) is -0.0485. The highest BCUT2D eigenvalue weighted by Crippen LogP contribution is 2.20. The van der Waals surface area contributed by atoms with E-state index >= 15 is 0 Å². The topological polar surface area (TPSA) is 75.6 Å². The van der Waals surface area contributed by atoms with Gasteiger partial charge in [-0.25, -0.2) is 9.18 Å². The largest absolute Gasteiger partial charge is 0.450 e. The quantitative estimate of drug-likeness (QED) is 0.714. The molecule has 0 N–H and O–H groups in total. The summed E-state index contributed by atoms with van der Waals surface area (Å²) in [6, 6.07) is 9.63. The first-order valence-electron chi connectivity index (χ1n) is 8.98. The van der Waals surface area contributed by atoms with Crippen molar-refractivity contribution in [3.8, 4) is 11.3 Å². The van der Waals surface area contributed by atoms with Crippen LogP contribution in [-0.4, -0.2) is 70.5 Å². The minimum atomic E-state index is -0.333. The highest BCUT2D eigenvalue weighted by atomic mass is 32.2. The molecule has 1 saturated heterocycles. The Morgan fingerprint density at radius 3 is 2.32 bits per heavy atom. The van der Waals surface area contributed by atoms with E-state index in [0.29, 0.717) is 43.5 Å². The summed E-state index contributed by atoms with van der Waals surface area (Å²) in [4.78, 5) is 27.4. The number of hydrogen-bond acceptors (Lipinski definition) is 6. The van der Waals surface area contributed by atoms with Crippen molar-refractivity contribution in [3.63, 3.8) is 0 Å². The van der Waals surface area contributed by atoms with Crippen LogP contribution in [0, 0.1) is 5.82 Å². The summed E-state index contributed by atoms with van der Waals surface area (Å²) in [6.45, 7) is 4.04. The van der Waals surface area contributed by atoms with Gasteiger partial charge < -0.3 is 14.5 Å². The first-order chi connectivity index (χ1) is 13.6. The van der Waals surface area contributed by atoms with Gasteiger partial charge >= 0.3 is 6.09 Å². The molecule has 1 aliphatic heterocycles. The zero-order valence-corrected chi connectivity index (χ0v) is 16.3. The molecule has 2 amide bonds. The first-order valence-corrected chi connectivity index (χ1v) is 9.97. The van der Waals surface area contributed by atoms with Gasteiger partial charge in [0.05, 0.1) is 18.1 Å². The molecule has 148 valence electrons. The summed E-state index contributed by atoms with van der Waals surface area (Å²) in [5, 5.41) is 8.91. The standard InChI is InChI=1S/C19H21FN4O3S/c1-2-27-19(26)24-11-9-23(10-12-24)18(25)13-28-17-8-7-16(21-22-17)14-3-5-15(20)6-4-14/h3-8H,2,9-13H2,1H3. The predicted octanol–water partition coefficient (Wildman–Crippen LogP) is 2.68. The van der Waals surface area contributed by atoms with Gasteiger partial charge in [-0.2, -0.15) is 0 Å². The summed E-state index contributed by atoms with van der Waals surface area (Å²) in [7, 11) is 0. The number of benzene rings is 1. The van der Waals surface area contributed by atoms with Crippen molar-refractivity contribution in [2.24, 2.45) is 0 Å². The number of halogens is 1. The van der Waals surface area contributed by atoms with Crippen LogP contribution in [-0.2, 0) is 9.53 Å². The molecular formula is C19H21FN4O3S. The molecule has 7 nitrogen and oxygen atoms in total. The molecule has 0 radical (unpaired) electrons. The van der Waals surface area contributed by atoms with Crippen LogP contribution in [0.2, 0.25) is 0 Å². The molecule has 9 heteroatoms. The minimum absolute atomic E-state index is 0.00193. The van der Waals surface area contributed by atoms with Crippen molar-refractivity contribution < 1.29 is 18.7 Å². The lowest BCUT2D eigenvalue weighted by atomic mass is 10.1. The summed E-state index contributed by atoms with van der Waals surface area (Å²) in [6.07, 6.45) is -0.333. The fraction of sp³-hybridized carbons (Fsp3) is 0.368. The van der Waals surface area contributed by atoms with Gasteiger partial charge in [0.25, 0.3) is 0 Å². The number of hydrogen-bond donors (Lipinski definition) is 0. The molecule has 1 aromatic heterocycles. The van der Waals surface area contributed by atoms with Crippen molar-refractivity contribution in [1.82, 2.24) is 20.0 Å². The fourth-order valence-electron chi connectivity index (χ4n) is 2.75. The lowest BCUT2D eigenvalue weighted by Gasteiger charge is -2.34. The normalized spacial score (nSPS) is 14.1. The van der Waals surface area contributed by atoms with Crippen molar-refractivity contribution in [3.05, 3.63) is 42.2 Å². The fourth-order valence-corrected chi connectivity index (χ4v) is 3.47. The predicted molar refractivity (Wildman–Crippen MR) is 103 cm³/mol. The van der Waals surface area contributed by atoms with Crippen molar-refractivity contribution in [2.75, 3.05) is 38.5 Å². The second-order valence-electron chi connectivity index (χ2n) is 6.12. The molecule has 28 heavy (non-hydrogen) atoms. The number of thioether (sulfide) groups is 1. The van der Waals surface area contributed by atoms with Gasteiger partial charge in [-0.3, -0.25) is 4.79 Å². The summed E-state index contributed by atoms with van der Waals surface area (Å²) >= 11 is 1.31. The van der Waals surface area contributed by atoms with Gasteiger partial charge in [-0.1, -0.05) is 11.8 Å². The van der Waals surface area contributed by atoms with E-state index in [2.05, 4.69) is 10.2 Å². The van der Waals surface area contributed by atoms with Gasteiger partial charge in [-0.15, -0.1) is 10.2 Å². The number of aromatic nitrogens is 2. The summed E-state index contributed by atoms with van der Waals surface area (Å²) in [5.41, 5.74) is 1.42. The third-order valence-electron chi connectivity index (χ3n) is 4.28. The van der Waals surface area contributed by atoms with Crippen molar-refractivity contribution in [2.45, 2.75) is 11.9 Å². The number of carbonyl (C=O) groups excluding carboxylic acids is 2. The number of nitrogens with zero attached hydrogens (tertiary/aromatic N) is 4. The third-order valence-corrected chi connectivity index (χ3v) is 5.19. The number of piperazine rings is 1. The maximum absolute atomic E-state index is 13.0. The lowest BCUT2D eigenvalue weighted by molar-refractivity contribution is -0.129. The Hall–Kier alpha value is -2.68. The van der Waals surface area contributed by atoms with Crippen LogP contribution in [0.3, 0.4) is 0 Å². The SMILES string of the molecule is CCOC(=O)N1CCN(C(=O)CSc2ccc(-c3ccc(F)cc3)nn2)CC1. The van der Waals surface area contributed by atoms with Gasteiger partial charge in [0.1, 0.15) is 10.8 Å². The zero-order chi connectivity index (χ0) is 19.9. The van der Waals surface area contributed by atoms with Crippen LogP contribution < -0.4 is 0 Å². The van der Waals surface area contributed by atoms with Crippen LogP contribution in [0.15, 0.2) is 41.4 Å². The molecule has 2 aromatic rings. The molecule has 1 aliphatic rings. The van der Waals surface area contributed by atoms with Crippen LogP contribution >= 0.6 is 11.8 Å². The maximum atomic E-state index is 13.0. The number of carbonyl (C=O) groups is 2. The van der Waals surface area contributed by atoms with Crippen LogP contribution in [0.25, 0.3) is 11.3 Å². The molecule has 2 heterocycles. The van der Waals surface area contributed by atoms with Gasteiger partial charge in [0.15, 0.2) is 0 Å². The Morgan fingerprint density at radius 2 is 1.71 bits per heavy atom. The molecule has 0 bridgehead atoms. The average molecular weight is 404 g/mol. The average Bonchev–Trinajstić information content (AvgIpc) is 2.73. The molecule has 0 unspecified atom stereocenters. The Morgan fingerprint density at radius 1 is 1.04 bits per heavy atom. The van der Waals surface area contributed by atoms with Crippen molar-refractivity contribution in [1.29, 1.82) is 0 Å². The smallest absolute Gasteiger partial charge is 0.409 e. The number of ether oxygens (including phenoxy) is 1. The number of amides is 2. The molecule has 0 saturated carbocycles. The molecule has 1 aromatic carbocycles. The lowest BCUT2D eigenvalue weighted by Crippen LogP contribution is -2.51. The minimum Gasteiger partial charge on any atom is -0.450 e. The zero-order valence-electron chi connectivity index (χ0n) is 15.5.